The summed E-state index contributed by atoms with van der Waals surface area (Å²) in [5, 5.41) is 10.7. The number of aliphatic hydroxyl groups excluding tert-OH is 1. The number of esters is 1. The third-order valence-corrected chi connectivity index (χ3v) is 6.16. The second-order valence-electron chi connectivity index (χ2n) is 8.42. The molecule has 0 aromatic rings. The molecule has 0 aromatic heterocycles. The molecule has 0 unspecified atom stereocenters. The van der Waals surface area contributed by atoms with Gasteiger partial charge in [0.2, 0.25) is 5.60 Å². The Hall–Kier alpha value is -1.57. The average Bonchev–Trinajstić information content (AvgIpc) is 3.15. The largest absolute Gasteiger partial charge is 0.457 e. The Morgan fingerprint density at radius 2 is 1.96 bits per heavy atom. The maximum atomic E-state index is 12.5. The van der Waals surface area contributed by atoms with Crippen molar-refractivity contribution in [2.24, 2.45) is 5.92 Å². The lowest BCUT2D eigenvalue weighted by molar-refractivity contribution is -0.162. The highest BCUT2D eigenvalue weighted by molar-refractivity contribution is 5.92. The number of ketones is 2. The van der Waals surface area contributed by atoms with E-state index in [9.17, 15) is 19.5 Å². The van der Waals surface area contributed by atoms with E-state index in [1.807, 2.05) is 0 Å². The van der Waals surface area contributed by atoms with Crippen LogP contribution in [0, 0.1) is 5.92 Å². The van der Waals surface area contributed by atoms with Crippen LogP contribution in [0.1, 0.15) is 46.0 Å². The Morgan fingerprint density at radius 3 is 2.62 bits per heavy atom. The Bertz CT molecular complexity index is 700. The van der Waals surface area contributed by atoms with Crippen molar-refractivity contribution in [2.45, 2.75) is 81.6 Å². The Morgan fingerprint density at radius 1 is 1.23 bits per heavy atom. The zero-order valence-corrected chi connectivity index (χ0v) is 15.0. The molecule has 4 fully saturated rings. The SMILES string of the molecule is C=C(C)[C@@H]1CC(=O)C[C@H]2O[C@](C)(CC2=O)C[C@H]2OC(=O)[C@@]3(O[C@H]23)[C@H](O)C1. The topological polar surface area (TPSA) is 102 Å². The van der Waals surface area contributed by atoms with Gasteiger partial charge in [0.05, 0.1) is 11.7 Å². The minimum Gasteiger partial charge on any atom is -0.457 e. The summed E-state index contributed by atoms with van der Waals surface area (Å²) in [6.45, 7) is 7.48. The third-order valence-electron chi connectivity index (χ3n) is 6.16. The molecule has 0 aromatic carbocycles. The summed E-state index contributed by atoms with van der Waals surface area (Å²) in [5.41, 5.74) is -1.41. The molecule has 0 aliphatic carbocycles. The van der Waals surface area contributed by atoms with Gasteiger partial charge in [-0.15, -0.1) is 0 Å². The fourth-order valence-corrected chi connectivity index (χ4v) is 4.64. The molecule has 4 bridgehead atoms. The molecule has 4 saturated heterocycles. The van der Waals surface area contributed by atoms with E-state index in [0.717, 1.165) is 5.57 Å². The first-order chi connectivity index (χ1) is 12.1. The molecule has 4 heterocycles. The summed E-state index contributed by atoms with van der Waals surface area (Å²) in [5.74, 6) is -1.08. The number of carbonyl (C=O) groups excluding carboxylic acids is 3. The predicted octanol–water partition coefficient (Wildman–Crippen LogP) is 0.862. The minimum atomic E-state index is -1.35. The van der Waals surface area contributed by atoms with Gasteiger partial charge < -0.3 is 19.3 Å². The molecule has 142 valence electrons. The van der Waals surface area contributed by atoms with Crippen molar-refractivity contribution in [3.63, 3.8) is 0 Å². The van der Waals surface area contributed by atoms with Gasteiger partial charge in [0.25, 0.3) is 0 Å². The number of rotatable bonds is 1. The molecule has 0 spiro atoms. The van der Waals surface area contributed by atoms with Gasteiger partial charge in [-0.25, -0.2) is 4.79 Å². The summed E-state index contributed by atoms with van der Waals surface area (Å²) >= 11 is 0. The van der Waals surface area contributed by atoms with Crippen LogP contribution >= 0.6 is 0 Å². The lowest BCUT2D eigenvalue weighted by Gasteiger charge is -2.27. The maximum absolute atomic E-state index is 12.5. The quantitative estimate of drug-likeness (QED) is 0.418. The second kappa shape index (κ2) is 5.71. The Kier molecular flexibility index (Phi) is 3.92. The van der Waals surface area contributed by atoms with Crippen molar-refractivity contribution >= 4 is 17.5 Å². The molecule has 26 heavy (non-hydrogen) atoms. The molecule has 4 aliphatic heterocycles. The molecular weight excluding hydrogens is 340 g/mol. The van der Waals surface area contributed by atoms with Crippen LogP contribution in [0.2, 0.25) is 0 Å². The van der Waals surface area contributed by atoms with Crippen LogP contribution in [0.4, 0.5) is 0 Å². The Labute approximate surface area is 151 Å². The van der Waals surface area contributed by atoms with Gasteiger partial charge in [-0.05, 0) is 26.2 Å². The van der Waals surface area contributed by atoms with Crippen molar-refractivity contribution in [2.75, 3.05) is 0 Å². The highest BCUT2D eigenvalue weighted by atomic mass is 16.7. The number of Topliss-reactive ketones (excluding diaryl/α,β-unsaturated/α-hetero) is 2. The zero-order valence-electron chi connectivity index (χ0n) is 15.0. The van der Waals surface area contributed by atoms with E-state index in [-0.39, 0.29) is 43.2 Å². The lowest BCUT2D eigenvalue weighted by atomic mass is 9.83. The van der Waals surface area contributed by atoms with Crippen LogP contribution in [0.5, 0.6) is 0 Å². The standard InChI is InChI=1S/C19H24O7/c1-9(2)10-4-11(20)6-13-12(21)7-18(3,25-13)8-14-16-19(26-16,15(22)5-10)17(23)24-14/h10,13-16,22H,1,4-8H2,2-3H3/t10-,13-,14-,15-,16-,18-,19-/m1/s1. The molecule has 7 atom stereocenters. The zero-order chi connectivity index (χ0) is 18.9. The number of aliphatic hydroxyl groups is 1. The van der Waals surface area contributed by atoms with Gasteiger partial charge in [-0.1, -0.05) is 12.2 Å². The summed E-state index contributed by atoms with van der Waals surface area (Å²) in [6.07, 6.45) is -2.08. The summed E-state index contributed by atoms with van der Waals surface area (Å²) < 4.78 is 17.0. The van der Waals surface area contributed by atoms with E-state index in [2.05, 4.69) is 6.58 Å². The predicted molar refractivity (Wildman–Crippen MR) is 88.2 cm³/mol. The first-order valence-electron chi connectivity index (χ1n) is 9.09. The third kappa shape index (κ3) is 2.64. The van der Waals surface area contributed by atoms with Crippen LogP contribution in [0.3, 0.4) is 0 Å². The number of hydrogen-bond acceptors (Lipinski definition) is 7. The molecule has 0 radical (unpaired) electrons. The van der Waals surface area contributed by atoms with Crippen molar-refractivity contribution < 1.29 is 33.7 Å². The van der Waals surface area contributed by atoms with Crippen molar-refractivity contribution in [3.05, 3.63) is 12.2 Å². The van der Waals surface area contributed by atoms with Gasteiger partial charge in [-0.3, -0.25) is 9.59 Å². The van der Waals surface area contributed by atoms with Crippen LogP contribution in [-0.2, 0) is 28.6 Å². The maximum Gasteiger partial charge on any atom is 0.344 e. The lowest BCUT2D eigenvalue weighted by Crippen LogP contribution is -2.39. The van der Waals surface area contributed by atoms with Crippen LogP contribution in [0.25, 0.3) is 0 Å². The molecule has 4 rings (SSSR count). The monoisotopic (exact) mass is 364 g/mol. The van der Waals surface area contributed by atoms with Crippen LogP contribution in [0.15, 0.2) is 12.2 Å². The van der Waals surface area contributed by atoms with Gasteiger partial charge in [0, 0.05) is 25.7 Å². The van der Waals surface area contributed by atoms with Gasteiger partial charge in [0.1, 0.15) is 24.1 Å². The van der Waals surface area contributed by atoms with Crippen molar-refractivity contribution in [3.8, 4) is 0 Å². The molecule has 7 heteroatoms. The van der Waals surface area contributed by atoms with E-state index in [1.54, 1.807) is 13.8 Å². The van der Waals surface area contributed by atoms with Crippen LogP contribution < -0.4 is 0 Å². The minimum absolute atomic E-state index is 0.0316. The number of allylic oxidation sites excluding steroid dienone is 1. The van der Waals surface area contributed by atoms with Crippen molar-refractivity contribution in [1.29, 1.82) is 0 Å². The molecule has 1 N–H and O–H groups in total. The number of epoxide rings is 1. The number of ether oxygens (including phenoxy) is 3. The fraction of sp³-hybridized carbons (Fsp3) is 0.737. The first-order valence-corrected chi connectivity index (χ1v) is 9.09. The highest BCUT2D eigenvalue weighted by Gasteiger charge is 2.77. The average molecular weight is 364 g/mol. The van der Waals surface area contributed by atoms with E-state index in [4.69, 9.17) is 14.2 Å². The molecule has 4 aliphatic rings. The number of fused-ring (bicyclic) bond motifs is 2. The molecule has 7 nitrogen and oxygen atoms in total. The molecular formula is C19H24O7. The molecule has 0 amide bonds. The summed E-state index contributed by atoms with van der Waals surface area (Å²) in [4.78, 5) is 37.2. The van der Waals surface area contributed by atoms with E-state index >= 15 is 0 Å². The normalized spacial score (nSPS) is 48.1. The van der Waals surface area contributed by atoms with Gasteiger partial charge >= 0.3 is 5.97 Å². The van der Waals surface area contributed by atoms with Crippen LogP contribution in [-0.4, -0.2) is 58.3 Å². The Balaban J connectivity index is 1.66. The molecule has 0 saturated carbocycles. The van der Waals surface area contributed by atoms with Crippen molar-refractivity contribution in [1.82, 2.24) is 0 Å². The highest BCUT2D eigenvalue weighted by Crippen LogP contribution is 2.53. The summed E-state index contributed by atoms with van der Waals surface area (Å²) in [7, 11) is 0. The number of hydrogen-bond donors (Lipinski definition) is 1. The van der Waals surface area contributed by atoms with Gasteiger partial charge in [0.15, 0.2) is 5.78 Å². The van der Waals surface area contributed by atoms with E-state index in [1.165, 1.54) is 0 Å². The fourth-order valence-electron chi connectivity index (χ4n) is 4.64. The van der Waals surface area contributed by atoms with E-state index < -0.39 is 41.6 Å². The van der Waals surface area contributed by atoms with E-state index in [0.29, 0.717) is 6.42 Å². The first kappa shape index (κ1) is 17.8. The van der Waals surface area contributed by atoms with Gasteiger partial charge in [-0.2, -0.15) is 0 Å². The number of carbonyl (C=O) groups is 3. The summed E-state index contributed by atoms with van der Waals surface area (Å²) in [6, 6.07) is 0. The smallest absolute Gasteiger partial charge is 0.344 e. The second-order valence-corrected chi connectivity index (χ2v) is 8.42.